The molecule has 0 atom stereocenters. The molecule has 2 saturated carbocycles. The molecule has 0 saturated heterocycles. The average Bonchev–Trinajstić information content (AvgIpc) is 2.88. The molecule has 2 fully saturated rings. The summed E-state index contributed by atoms with van der Waals surface area (Å²) in [5, 5.41) is 3.16. The van der Waals surface area contributed by atoms with Gasteiger partial charge in [0.25, 0.3) is 0 Å². The molecular formula is C15H28N2O2. The molecule has 0 aromatic heterocycles. The van der Waals surface area contributed by atoms with Crippen LogP contribution >= 0.6 is 0 Å². The van der Waals surface area contributed by atoms with Crippen molar-refractivity contribution in [3.63, 3.8) is 0 Å². The Hall–Kier alpha value is -0.770. The van der Waals surface area contributed by atoms with Crippen LogP contribution in [0.2, 0.25) is 0 Å². The van der Waals surface area contributed by atoms with Gasteiger partial charge in [-0.15, -0.1) is 0 Å². The molecular weight excluding hydrogens is 240 g/mol. The Bertz CT molecular complexity index is 337. The summed E-state index contributed by atoms with van der Waals surface area (Å²) in [7, 11) is 0. The van der Waals surface area contributed by atoms with Crippen LogP contribution in [0.25, 0.3) is 0 Å². The summed E-state index contributed by atoms with van der Waals surface area (Å²) in [5.74, 6) is 0. The summed E-state index contributed by atoms with van der Waals surface area (Å²) in [6, 6.07) is 0. The summed E-state index contributed by atoms with van der Waals surface area (Å²) in [5.41, 5.74) is 5.68. The van der Waals surface area contributed by atoms with Gasteiger partial charge in [0.05, 0.1) is 0 Å². The van der Waals surface area contributed by atoms with E-state index in [4.69, 9.17) is 10.5 Å². The molecule has 0 aromatic rings. The number of alkyl carbamates (subject to hydrolysis) is 1. The average molecular weight is 268 g/mol. The molecule has 0 unspecified atom stereocenters. The van der Waals surface area contributed by atoms with Gasteiger partial charge in [-0.3, -0.25) is 0 Å². The minimum absolute atomic E-state index is 0.0712. The van der Waals surface area contributed by atoms with Crippen molar-refractivity contribution in [3.8, 4) is 0 Å². The number of amides is 1. The van der Waals surface area contributed by atoms with Gasteiger partial charge in [-0.05, 0) is 64.8 Å². The lowest BCUT2D eigenvalue weighted by Crippen LogP contribution is -2.50. The van der Waals surface area contributed by atoms with Crippen LogP contribution in [0, 0.1) is 5.41 Å². The van der Waals surface area contributed by atoms with E-state index in [0.29, 0.717) is 5.41 Å². The van der Waals surface area contributed by atoms with E-state index in [9.17, 15) is 4.79 Å². The topological polar surface area (TPSA) is 64.3 Å². The number of nitrogens with two attached hydrogens (primary N) is 1. The largest absolute Gasteiger partial charge is 0.444 e. The standard InChI is InChI=1S/C15H28N2O2/c1-13(2,3)19-12(18)17-15(6-4-5-7-15)10-14(11-16)8-9-14/h4-11,16H2,1-3H3,(H,17,18). The van der Waals surface area contributed by atoms with Gasteiger partial charge in [0.15, 0.2) is 0 Å². The zero-order valence-electron chi connectivity index (χ0n) is 12.6. The summed E-state index contributed by atoms with van der Waals surface area (Å²) >= 11 is 0. The molecule has 0 aromatic carbocycles. The van der Waals surface area contributed by atoms with Gasteiger partial charge in [0, 0.05) is 5.54 Å². The molecule has 2 aliphatic rings. The van der Waals surface area contributed by atoms with E-state index in [1.807, 2.05) is 20.8 Å². The molecule has 4 heteroatoms. The summed E-state index contributed by atoms with van der Waals surface area (Å²) in [4.78, 5) is 12.0. The molecule has 0 bridgehead atoms. The lowest BCUT2D eigenvalue weighted by atomic mass is 9.84. The highest BCUT2D eigenvalue weighted by Crippen LogP contribution is 2.53. The van der Waals surface area contributed by atoms with Crippen LogP contribution in [0.5, 0.6) is 0 Å². The van der Waals surface area contributed by atoms with Crippen LogP contribution in [0.15, 0.2) is 0 Å². The highest BCUT2D eigenvalue weighted by Gasteiger charge is 2.49. The van der Waals surface area contributed by atoms with Crippen molar-refractivity contribution in [3.05, 3.63) is 0 Å². The summed E-state index contributed by atoms with van der Waals surface area (Å²) in [6.07, 6.45) is 7.68. The molecule has 0 heterocycles. The number of carbonyl (C=O) groups is 1. The fraction of sp³-hybridized carbons (Fsp3) is 0.933. The Morgan fingerprint density at radius 3 is 2.21 bits per heavy atom. The van der Waals surface area contributed by atoms with Crippen molar-refractivity contribution < 1.29 is 9.53 Å². The number of ether oxygens (including phenoxy) is 1. The van der Waals surface area contributed by atoms with E-state index >= 15 is 0 Å². The number of hydrogen-bond acceptors (Lipinski definition) is 3. The van der Waals surface area contributed by atoms with Crippen molar-refractivity contribution in [2.45, 2.75) is 76.9 Å². The number of nitrogens with one attached hydrogen (secondary N) is 1. The molecule has 0 aliphatic heterocycles. The minimum atomic E-state index is -0.436. The van der Waals surface area contributed by atoms with Crippen molar-refractivity contribution in [1.82, 2.24) is 5.32 Å². The first-order chi connectivity index (χ1) is 8.78. The Morgan fingerprint density at radius 1 is 1.21 bits per heavy atom. The third-order valence-corrected chi connectivity index (χ3v) is 4.43. The van der Waals surface area contributed by atoms with E-state index in [-0.39, 0.29) is 11.6 Å². The van der Waals surface area contributed by atoms with E-state index in [1.165, 1.54) is 25.7 Å². The van der Waals surface area contributed by atoms with Gasteiger partial charge in [-0.25, -0.2) is 4.79 Å². The first-order valence-corrected chi connectivity index (χ1v) is 7.50. The highest BCUT2D eigenvalue weighted by molar-refractivity contribution is 5.69. The monoisotopic (exact) mass is 268 g/mol. The van der Waals surface area contributed by atoms with E-state index in [1.54, 1.807) is 0 Å². The van der Waals surface area contributed by atoms with Gasteiger partial charge in [0.1, 0.15) is 5.60 Å². The van der Waals surface area contributed by atoms with Gasteiger partial charge in [-0.2, -0.15) is 0 Å². The van der Waals surface area contributed by atoms with Crippen LogP contribution in [0.4, 0.5) is 4.79 Å². The third kappa shape index (κ3) is 3.85. The smallest absolute Gasteiger partial charge is 0.408 e. The predicted octanol–water partition coefficient (Wildman–Crippen LogP) is 2.95. The molecule has 4 nitrogen and oxygen atoms in total. The molecule has 0 spiro atoms. The van der Waals surface area contributed by atoms with Crippen molar-refractivity contribution in [2.24, 2.45) is 11.1 Å². The second-order valence-corrected chi connectivity index (χ2v) is 7.50. The van der Waals surface area contributed by atoms with Gasteiger partial charge < -0.3 is 15.8 Å². The van der Waals surface area contributed by atoms with E-state index in [0.717, 1.165) is 25.8 Å². The van der Waals surface area contributed by atoms with Crippen LogP contribution in [0.3, 0.4) is 0 Å². The number of carbonyl (C=O) groups excluding carboxylic acids is 1. The maximum Gasteiger partial charge on any atom is 0.408 e. The Labute approximate surface area is 116 Å². The molecule has 110 valence electrons. The van der Waals surface area contributed by atoms with Gasteiger partial charge in [0.2, 0.25) is 0 Å². The fourth-order valence-corrected chi connectivity index (χ4v) is 3.27. The van der Waals surface area contributed by atoms with Gasteiger partial charge in [-0.1, -0.05) is 12.8 Å². The number of rotatable bonds is 4. The Kier molecular flexibility index (Phi) is 3.83. The Balaban J connectivity index is 1.98. The highest BCUT2D eigenvalue weighted by atomic mass is 16.6. The summed E-state index contributed by atoms with van der Waals surface area (Å²) < 4.78 is 5.41. The zero-order valence-corrected chi connectivity index (χ0v) is 12.6. The molecule has 2 rings (SSSR count). The first-order valence-electron chi connectivity index (χ1n) is 7.50. The molecule has 2 aliphatic carbocycles. The summed E-state index contributed by atoms with van der Waals surface area (Å²) in [6.45, 7) is 6.44. The molecule has 19 heavy (non-hydrogen) atoms. The predicted molar refractivity (Wildman–Crippen MR) is 75.9 cm³/mol. The lowest BCUT2D eigenvalue weighted by molar-refractivity contribution is 0.0436. The van der Waals surface area contributed by atoms with Crippen LogP contribution < -0.4 is 11.1 Å². The van der Waals surface area contributed by atoms with Crippen molar-refractivity contribution >= 4 is 6.09 Å². The van der Waals surface area contributed by atoms with E-state index in [2.05, 4.69) is 5.32 Å². The maximum atomic E-state index is 12.0. The quantitative estimate of drug-likeness (QED) is 0.824. The van der Waals surface area contributed by atoms with Crippen LogP contribution in [-0.2, 0) is 4.74 Å². The third-order valence-electron chi connectivity index (χ3n) is 4.43. The minimum Gasteiger partial charge on any atom is -0.444 e. The molecule has 3 N–H and O–H groups in total. The Morgan fingerprint density at radius 2 is 1.79 bits per heavy atom. The van der Waals surface area contributed by atoms with Crippen LogP contribution in [0.1, 0.15) is 65.7 Å². The van der Waals surface area contributed by atoms with Gasteiger partial charge >= 0.3 is 6.09 Å². The normalized spacial score (nSPS) is 24.0. The fourth-order valence-electron chi connectivity index (χ4n) is 3.27. The second kappa shape index (κ2) is 4.97. The first kappa shape index (κ1) is 14.6. The van der Waals surface area contributed by atoms with E-state index < -0.39 is 5.60 Å². The SMILES string of the molecule is CC(C)(C)OC(=O)NC1(CC2(CN)CC2)CCCC1. The van der Waals surface area contributed by atoms with Crippen LogP contribution in [-0.4, -0.2) is 23.8 Å². The van der Waals surface area contributed by atoms with Crippen molar-refractivity contribution in [2.75, 3.05) is 6.54 Å². The number of hydrogen-bond donors (Lipinski definition) is 2. The second-order valence-electron chi connectivity index (χ2n) is 7.50. The maximum absolute atomic E-state index is 12.0. The molecule has 1 amide bonds. The zero-order chi connectivity index (χ0) is 14.1. The molecule has 0 radical (unpaired) electrons. The van der Waals surface area contributed by atoms with Crippen molar-refractivity contribution in [1.29, 1.82) is 0 Å². The lowest BCUT2D eigenvalue weighted by Gasteiger charge is -2.34.